The average Bonchev–Trinajstić information content (AvgIpc) is 3.66. The van der Waals surface area contributed by atoms with Gasteiger partial charge < -0.3 is 5.73 Å². The minimum Gasteiger partial charge on any atom is -0.383 e. The number of nitrogens with two attached hydrogens (primary N) is 1. The van der Waals surface area contributed by atoms with Crippen molar-refractivity contribution in [2.24, 2.45) is 15.7 Å². The van der Waals surface area contributed by atoms with Gasteiger partial charge in [-0.25, -0.2) is 20.0 Å². The molecule has 0 aliphatic rings. The molecule has 0 saturated carbocycles. The molecule has 56 heavy (non-hydrogen) atoms. The van der Waals surface area contributed by atoms with Gasteiger partial charge in [0.2, 0.25) is 0 Å². The first-order valence-electron chi connectivity index (χ1n) is 18.4. The SMILES string of the molecule is C=C(N=C(N=C(N)c1ccccc1)c1c(-c2cccc(-c3cc(-c4ccccc4)nc(-c4ccccc4)n3)c2)ccc2c1sc1ccccc12)c1ccccc1. The van der Waals surface area contributed by atoms with E-state index in [1.54, 1.807) is 11.3 Å². The van der Waals surface area contributed by atoms with Crippen molar-refractivity contribution in [3.63, 3.8) is 0 Å². The summed E-state index contributed by atoms with van der Waals surface area (Å²) in [6.07, 6.45) is 0. The molecule has 0 aliphatic carbocycles. The number of aliphatic imine (C=N–C) groups is 2. The van der Waals surface area contributed by atoms with Crippen molar-refractivity contribution in [1.82, 2.24) is 9.97 Å². The minimum absolute atomic E-state index is 0.367. The average molecular weight is 738 g/mol. The van der Waals surface area contributed by atoms with Crippen molar-refractivity contribution in [1.29, 1.82) is 0 Å². The number of amidine groups is 2. The number of rotatable bonds is 8. The third-order valence-corrected chi connectivity index (χ3v) is 10.9. The Morgan fingerprint density at radius 1 is 0.500 bits per heavy atom. The Kier molecular flexibility index (Phi) is 9.37. The second-order valence-corrected chi connectivity index (χ2v) is 14.4. The highest BCUT2D eigenvalue weighted by molar-refractivity contribution is 7.26. The van der Waals surface area contributed by atoms with Gasteiger partial charge in [-0.2, -0.15) is 0 Å². The maximum absolute atomic E-state index is 6.81. The lowest BCUT2D eigenvalue weighted by molar-refractivity contribution is 1.18. The van der Waals surface area contributed by atoms with Crippen molar-refractivity contribution < 1.29 is 0 Å². The van der Waals surface area contributed by atoms with Gasteiger partial charge in [-0.05, 0) is 34.9 Å². The monoisotopic (exact) mass is 737 g/mol. The van der Waals surface area contributed by atoms with Crippen molar-refractivity contribution >= 4 is 48.9 Å². The first kappa shape index (κ1) is 34.5. The molecule has 2 N–H and O–H groups in total. The molecule has 0 bridgehead atoms. The van der Waals surface area contributed by atoms with Gasteiger partial charge in [-0.1, -0.05) is 176 Å². The first-order valence-corrected chi connectivity index (χ1v) is 19.2. The third-order valence-electron chi connectivity index (χ3n) is 9.71. The third kappa shape index (κ3) is 6.93. The highest BCUT2D eigenvalue weighted by Crippen LogP contribution is 2.42. The molecule has 0 fully saturated rings. The summed E-state index contributed by atoms with van der Waals surface area (Å²) in [7, 11) is 0. The van der Waals surface area contributed by atoms with Crippen LogP contribution in [0.3, 0.4) is 0 Å². The Bertz CT molecular complexity index is 2860. The van der Waals surface area contributed by atoms with Gasteiger partial charge in [0.15, 0.2) is 11.7 Å². The number of thiophene rings is 1. The normalized spacial score (nSPS) is 11.9. The molecule has 6 heteroatoms. The molecule has 2 aromatic heterocycles. The maximum Gasteiger partial charge on any atom is 0.164 e. The molecule has 0 aliphatic heterocycles. The van der Waals surface area contributed by atoms with Crippen LogP contribution in [-0.4, -0.2) is 21.6 Å². The molecule has 266 valence electrons. The topological polar surface area (TPSA) is 76.5 Å². The molecule has 5 nitrogen and oxygen atoms in total. The van der Waals surface area contributed by atoms with Crippen molar-refractivity contribution in [3.8, 4) is 45.0 Å². The lowest BCUT2D eigenvalue weighted by Gasteiger charge is -2.15. The zero-order valence-electron chi connectivity index (χ0n) is 30.4. The number of hydrogen-bond acceptors (Lipinski definition) is 4. The fourth-order valence-electron chi connectivity index (χ4n) is 6.91. The predicted molar refractivity (Wildman–Crippen MR) is 236 cm³/mol. The number of hydrogen-bond donors (Lipinski definition) is 1. The Morgan fingerprint density at radius 3 is 1.79 bits per heavy atom. The molecule has 0 spiro atoms. The van der Waals surface area contributed by atoms with Crippen LogP contribution in [0, 0.1) is 0 Å². The molecule has 7 aromatic carbocycles. The van der Waals surface area contributed by atoms with E-state index in [1.165, 1.54) is 10.1 Å². The lowest BCUT2D eigenvalue weighted by atomic mass is 9.94. The second kappa shape index (κ2) is 15.2. The molecular weight excluding hydrogens is 703 g/mol. The minimum atomic E-state index is 0.367. The number of fused-ring (bicyclic) bond motifs is 3. The largest absolute Gasteiger partial charge is 0.383 e. The van der Waals surface area contributed by atoms with Gasteiger partial charge in [0, 0.05) is 48.0 Å². The first-order chi connectivity index (χ1) is 27.6. The van der Waals surface area contributed by atoms with Crippen LogP contribution in [-0.2, 0) is 0 Å². The highest BCUT2D eigenvalue weighted by atomic mass is 32.1. The molecule has 2 heterocycles. The maximum atomic E-state index is 6.81. The van der Waals surface area contributed by atoms with Gasteiger partial charge in [-0.3, -0.25) is 0 Å². The van der Waals surface area contributed by atoms with Gasteiger partial charge in [-0.15, -0.1) is 11.3 Å². The second-order valence-electron chi connectivity index (χ2n) is 13.3. The van der Waals surface area contributed by atoms with Gasteiger partial charge >= 0.3 is 0 Å². The van der Waals surface area contributed by atoms with E-state index in [4.69, 9.17) is 25.7 Å². The molecule has 0 amide bonds. The molecular formula is C50H35N5S. The summed E-state index contributed by atoms with van der Waals surface area (Å²) in [6.45, 7) is 4.41. The van der Waals surface area contributed by atoms with Crippen molar-refractivity contribution in [3.05, 3.63) is 211 Å². The van der Waals surface area contributed by atoms with E-state index >= 15 is 0 Å². The van der Waals surface area contributed by atoms with Gasteiger partial charge in [0.1, 0.15) is 5.84 Å². The van der Waals surface area contributed by atoms with Gasteiger partial charge in [0.25, 0.3) is 0 Å². The summed E-state index contributed by atoms with van der Waals surface area (Å²) in [5.74, 6) is 1.52. The summed E-state index contributed by atoms with van der Waals surface area (Å²) in [4.78, 5) is 20.5. The van der Waals surface area contributed by atoms with E-state index in [0.717, 1.165) is 66.0 Å². The van der Waals surface area contributed by atoms with Crippen LogP contribution in [0.15, 0.2) is 205 Å². The summed E-state index contributed by atoms with van der Waals surface area (Å²) >= 11 is 1.73. The summed E-state index contributed by atoms with van der Waals surface area (Å²) in [5, 5.41) is 2.31. The summed E-state index contributed by atoms with van der Waals surface area (Å²) in [5.41, 5.74) is 16.6. The van der Waals surface area contributed by atoms with Crippen LogP contribution >= 0.6 is 11.3 Å². The van der Waals surface area contributed by atoms with Crippen LogP contribution in [0.1, 0.15) is 16.7 Å². The van der Waals surface area contributed by atoms with Crippen LogP contribution in [0.25, 0.3) is 70.9 Å². The quantitative estimate of drug-likeness (QED) is 0.125. The molecule has 0 radical (unpaired) electrons. The number of aromatic nitrogens is 2. The van der Waals surface area contributed by atoms with E-state index in [0.29, 0.717) is 23.2 Å². The van der Waals surface area contributed by atoms with Crippen LogP contribution in [0.4, 0.5) is 0 Å². The predicted octanol–water partition coefficient (Wildman–Crippen LogP) is 12.3. The molecule has 9 aromatic rings. The Hall–Kier alpha value is -7.28. The fourth-order valence-corrected chi connectivity index (χ4v) is 8.16. The van der Waals surface area contributed by atoms with E-state index in [1.807, 2.05) is 109 Å². The zero-order chi connectivity index (χ0) is 37.8. The van der Waals surface area contributed by atoms with Gasteiger partial charge in [0.05, 0.1) is 17.1 Å². The van der Waals surface area contributed by atoms with Crippen molar-refractivity contribution in [2.45, 2.75) is 0 Å². The van der Waals surface area contributed by atoms with Crippen molar-refractivity contribution in [2.75, 3.05) is 0 Å². The Morgan fingerprint density at radius 2 is 1.07 bits per heavy atom. The fraction of sp³-hybridized carbons (Fsp3) is 0. The van der Waals surface area contributed by atoms with E-state index < -0.39 is 0 Å². The lowest BCUT2D eigenvalue weighted by Crippen LogP contribution is -2.16. The summed E-state index contributed by atoms with van der Waals surface area (Å²) < 4.78 is 2.25. The summed E-state index contributed by atoms with van der Waals surface area (Å²) in [6, 6.07) is 63.6. The number of benzene rings is 7. The molecule has 0 saturated heterocycles. The Balaban J connectivity index is 1.28. The highest BCUT2D eigenvalue weighted by Gasteiger charge is 2.21. The Labute approximate surface area is 329 Å². The van der Waals surface area contributed by atoms with Crippen LogP contribution < -0.4 is 5.73 Å². The molecule has 0 unspecified atom stereocenters. The zero-order valence-corrected chi connectivity index (χ0v) is 31.2. The van der Waals surface area contributed by atoms with Crippen LogP contribution in [0.2, 0.25) is 0 Å². The van der Waals surface area contributed by atoms with Crippen LogP contribution in [0.5, 0.6) is 0 Å². The van der Waals surface area contributed by atoms with E-state index in [2.05, 4.69) is 85.4 Å². The molecule has 9 rings (SSSR count). The molecule has 0 atom stereocenters. The standard InChI is InChI=1S/C50H35N5S/c1-33(34-17-6-2-7-18-34)52-50(55-48(51)36-21-10-4-11-22-36)46-40(29-30-42-41-27-14-15-28-45(41)56-47(42)46)38-25-16-26-39(31-38)44-32-43(35-19-8-3-9-20-35)53-49(54-44)37-23-12-5-13-24-37/h2-32H,1H2,(H2,51,52,55). The van der Waals surface area contributed by atoms with E-state index in [9.17, 15) is 0 Å². The van der Waals surface area contributed by atoms with E-state index in [-0.39, 0.29) is 0 Å². The smallest absolute Gasteiger partial charge is 0.164 e. The number of nitrogens with zero attached hydrogens (tertiary/aromatic N) is 4.